The van der Waals surface area contributed by atoms with Gasteiger partial charge in [0.1, 0.15) is 30.5 Å². The first-order valence-corrected chi connectivity index (χ1v) is 46.0. The van der Waals surface area contributed by atoms with Crippen molar-refractivity contribution in [1.82, 2.24) is 52.0 Å². The summed E-state index contributed by atoms with van der Waals surface area (Å²) in [5, 5.41) is 95.6. The molecule has 1 aliphatic carbocycles. The second-order valence-corrected chi connectivity index (χ2v) is 37.2. The molecule has 3 fully saturated rings. The fraction of sp³-hybridized carbons (Fsp3) is 0.527. The number of aromatic amines is 1. The lowest BCUT2D eigenvalue weighted by atomic mass is 9.47. The summed E-state index contributed by atoms with van der Waals surface area (Å²) in [6.07, 6.45) is -0.844. The van der Waals surface area contributed by atoms with E-state index >= 15 is 4.79 Å². The highest BCUT2D eigenvalue weighted by Gasteiger charge is 2.78. The summed E-state index contributed by atoms with van der Waals surface area (Å²) in [6, 6.07) is 20.8. The molecule has 1 aromatic heterocycles. The number of anilines is 1. The van der Waals surface area contributed by atoms with Crippen LogP contribution in [0.4, 0.5) is 15.3 Å². The number of aromatic nitrogens is 1. The second kappa shape index (κ2) is 45.5. The number of para-hydroxylation sites is 1. The number of likely N-dealkylation sites (N-methyl/N-ethyl adjacent to an activating group) is 1. The molecule has 2 saturated heterocycles. The lowest BCUT2D eigenvalue weighted by Crippen LogP contribution is -2.81. The van der Waals surface area contributed by atoms with Crippen LogP contribution in [0.15, 0.2) is 109 Å². The van der Waals surface area contributed by atoms with Gasteiger partial charge in [0.2, 0.25) is 23.6 Å². The van der Waals surface area contributed by atoms with E-state index in [1.54, 1.807) is 67.8 Å². The number of aliphatic hydroxyl groups is 3. The zero-order valence-electron chi connectivity index (χ0n) is 73.5. The summed E-state index contributed by atoms with van der Waals surface area (Å²) in [4.78, 5) is 210. The number of nitrogens with two attached hydrogens (primary N) is 1. The van der Waals surface area contributed by atoms with Crippen LogP contribution in [0.5, 0.6) is 5.75 Å². The number of carboxylic acids is 4. The van der Waals surface area contributed by atoms with Crippen LogP contribution in [0.2, 0.25) is 0 Å². The maximum Gasteiger partial charge on any atom is 0.407 e. The standard InChI is InChI=1S/C90H116N12O24S2.CO2/c1-6-87(122)45-54-44-86(3,76-58(28-33-101(48-54)50-87)57-21-14-15-22-62(57)96-76)60-41-59-66(43-69(60)124-5)100(4)82-89(59)30-34-102-32-16-29-88(7-2,81(89)102)83(119)90(82,123)70(106)47-94-85(121)125-35-36-127-128-49-56(79(115)116)40-68(105)65(42-75(111)112)97-78(114)61(91)46-93-77(113)55(37-52-17-10-8-11-18-52)39-67(104)64(38-53-19-12-9-13-20-53)95-72(108)27-31-92-71(107)24-23-63(80(117)118)98-84(120)99-73(126-51-103)25-26-74(109)110;2-1-3/h8-22,29,41,43,51,54-56,61,63-65,73,81-83,96,119,122-123H,6-7,23-28,30-40,42,44-50,91H2,1-5H3,(H,92,107)(H,93,113)(H,94,121)(H,95,108)(H,97,114)(H,109,110)(H,111,112)(H,115,116)(H,117,118)(H2,98,99,120);/t54-,55+,56-,61-,63-,64-,65-,73+,81-,82?,83+,86+,87-,88+,89+,90-;/m0./s1. The molecule has 1 saturated carbocycles. The summed E-state index contributed by atoms with van der Waals surface area (Å²) in [5.41, 5.74) is 7.08. The highest BCUT2D eigenvalue weighted by Crippen LogP contribution is 2.68. The Bertz CT molecular complexity index is 5060. The van der Waals surface area contributed by atoms with Crippen molar-refractivity contribution in [2.75, 3.05) is 89.5 Å². The number of Topliss-reactive ketones (excluding diaryl/α,β-unsaturated/α-hetero) is 3. The van der Waals surface area contributed by atoms with Gasteiger partial charge in [0.05, 0.1) is 56.1 Å². The highest BCUT2D eigenvalue weighted by molar-refractivity contribution is 8.76. The zero-order chi connectivity index (χ0) is 95.3. The molecule has 6 heterocycles. The Morgan fingerprint density at radius 2 is 1.39 bits per heavy atom. The van der Waals surface area contributed by atoms with Crippen LogP contribution in [0.1, 0.15) is 138 Å². The van der Waals surface area contributed by atoms with Gasteiger partial charge in [-0.25, -0.2) is 14.4 Å². The number of alkyl carbamates (subject to hydrolysis) is 1. The molecular formula is C91H116N12O26S2. The van der Waals surface area contributed by atoms with Crippen molar-refractivity contribution < 1.29 is 127 Å². The number of aliphatic hydroxyl groups excluding tert-OH is 1. The van der Waals surface area contributed by atoms with Crippen molar-refractivity contribution in [3.05, 3.63) is 143 Å². The Morgan fingerprint density at radius 3 is 2.05 bits per heavy atom. The third-order valence-electron chi connectivity index (χ3n) is 26.2. The second-order valence-electron chi connectivity index (χ2n) is 34.5. The van der Waals surface area contributed by atoms with Crippen molar-refractivity contribution in [2.24, 2.45) is 28.9 Å². The average molecular weight is 1860 g/mol. The molecule has 40 heteroatoms. The fourth-order valence-electron chi connectivity index (χ4n) is 20.1. The van der Waals surface area contributed by atoms with E-state index in [4.69, 9.17) is 29.9 Å². The summed E-state index contributed by atoms with van der Waals surface area (Å²) in [5.74, 6) is -13.6. The van der Waals surface area contributed by atoms with Crippen molar-refractivity contribution in [3.63, 3.8) is 0 Å². The molecule has 0 radical (unpaired) electrons. The van der Waals surface area contributed by atoms with E-state index < -0.39 is 210 Å². The maximum absolute atomic E-state index is 15.4. The molecule has 2 bridgehead atoms. The Morgan fingerprint density at radius 1 is 0.710 bits per heavy atom. The first-order chi connectivity index (χ1) is 62.5. The molecule has 131 heavy (non-hydrogen) atoms. The Balaban J connectivity index is 0.00000586. The number of fused-ring (bicyclic) bond motifs is 6. The van der Waals surface area contributed by atoms with E-state index in [2.05, 4.69) is 87.9 Å². The van der Waals surface area contributed by atoms with E-state index in [0.29, 0.717) is 68.6 Å². The Hall–Kier alpha value is -11.6. The predicted molar refractivity (Wildman–Crippen MR) is 476 cm³/mol. The van der Waals surface area contributed by atoms with Gasteiger partial charge in [0, 0.05) is 152 Å². The van der Waals surface area contributed by atoms with Crippen LogP contribution in [-0.4, -0.2) is 285 Å². The minimum Gasteiger partial charge on any atom is -0.496 e. The molecule has 17 atom stereocenters. The molecule has 11 rings (SSSR count). The van der Waals surface area contributed by atoms with Gasteiger partial charge in [-0.1, -0.05) is 126 Å². The quantitative estimate of drug-likeness (QED) is 0.00874. The number of H-pyrrole nitrogens is 1. The topological polar surface area (TPSA) is 578 Å². The number of benzene rings is 4. The molecule has 38 nitrogen and oxygen atoms in total. The van der Waals surface area contributed by atoms with Crippen LogP contribution in [-0.2, 0) is 107 Å². The zero-order valence-corrected chi connectivity index (χ0v) is 75.2. The lowest BCUT2D eigenvalue weighted by molar-refractivity contribution is -0.201. The number of carbonyl (C=O) groups is 14. The molecule has 4 aromatic carbocycles. The van der Waals surface area contributed by atoms with Gasteiger partial charge in [-0.15, -0.1) is 0 Å². The molecule has 5 aliphatic heterocycles. The molecule has 17 N–H and O–H groups in total. The monoisotopic (exact) mass is 1860 g/mol. The Kier molecular flexibility index (Phi) is 35.2. The van der Waals surface area contributed by atoms with Gasteiger partial charge in [-0.2, -0.15) is 9.59 Å². The van der Waals surface area contributed by atoms with E-state index in [1.807, 2.05) is 50.1 Å². The van der Waals surface area contributed by atoms with Crippen molar-refractivity contribution in [1.29, 1.82) is 0 Å². The number of ether oxygens (including phenoxy) is 3. The molecule has 5 aromatic rings. The summed E-state index contributed by atoms with van der Waals surface area (Å²) < 4.78 is 16.6. The number of methoxy groups -OCH3 is 1. The number of hydrogen-bond donors (Lipinski definition) is 16. The molecule has 7 amide bonds. The molecule has 1 spiro atoms. The number of carboxylic acid groups (broad SMARTS) is 4. The van der Waals surface area contributed by atoms with E-state index in [1.165, 1.54) is 5.56 Å². The number of ketones is 3. The average Bonchev–Trinajstić information content (AvgIpc) is 1.57. The maximum atomic E-state index is 15.4. The number of rotatable bonds is 46. The van der Waals surface area contributed by atoms with Gasteiger partial charge in [-0.3, -0.25) is 62.5 Å². The predicted octanol–water partition coefficient (Wildman–Crippen LogP) is 3.20. The highest BCUT2D eigenvalue weighted by atomic mass is 33.1. The summed E-state index contributed by atoms with van der Waals surface area (Å²) in [6.45, 7) is 7.63. The van der Waals surface area contributed by atoms with Gasteiger partial charge < -0.3 is 103 Å². The van der Waals surface area contributed by atoms with Gasteiger partial charge >= 0.3 is 42.2 Å². The van der Waals surface area contributed by atoms with Crippen LogP contribution in [0, 0.1) is 23.2 Å². The normalized spacial score (nSPS) is 24.2. The summed E-state index contributed by atoms with van der Waals surface area (Å²) >= 11 is 0. The van der Waals surface area contributed by atoms with Crippen molar-refractivity contribution >= 4 is 128 Å². The van der Waals surface area contributed by atoms with Crippen LogP contribution in [0.25, 0.3) is 10.9 Å². The van der Waals surface area contributed by atoms with E-state index in [9.17, 15) is 93.0 Å². The lowest BCUT2D eigenvalue weighted by Gasteiger charge is -2.63. The minimum atomic E-state index is -2.50. The fourth-order valence-corrected chi connectivity index (χ4v) is 22.2. The molecule has 708 valence electrons. The first kappa shape index (κ1) is 102. The number of urea groups is 1. The van der Waals surface area contributed by atoms with Gasteiger partial charge in [0.15, 0.2) is 29.2 Å². The third kappa shape index (κ3) is 24.0. The molecule has 6 aliphatic rings. The molecular weight excluding hydrogens is 1740 g/mol. The smallest absolute Gasteiger partial charge is 0.407 e. The van der Waals surface area contributed by atoms with Crippen LogP contribution >= 0.6 is 21.6 Å². The van der Waals surface area contributed by atoms with Gasteiger partial charge in [-0.05, 0) is 112 Å². The SMILES string of the molecule is CC[C@]1(O)C[C@H]2CN(CCc3c([nH]c4ccccc34)[C@@](C)(c3cc4c(cc3OC)N(C)C3[C@]45CCN4CC=C[C@@](CC)([C@@H](O)[C@]3(O)C(=O)CNC(=O)OCCSSC[C@H](CC(=O)[C@H](CC(=O)O)NC(=O)[C@@H](N)CNC(=O)[C@@H](CC(=O)[C@H](Cc3ccccc3)NC(=O)CCNC(=O)CC[C@H](NC(=O)N[C@@H](CCC(=O)O)OC=O)C(=O)O)Cc3ccccc3)C(=O)O)[C@H]45)C2)C1.O=C=O. The molecule has 2 unspecified atom stereocenters. The number of piperidine rings is 1. The largest absolute Gasteiger partial charge is 0.496 e. The first-order valence-electron chi connectivity index (χ1n) is 43.6. The minimum absolute atomic E-state index is 0.0339. The van der Waals surface area contributed by atoms with E-state index in [0.717, 1.165) is 74.5 Å². The number of aliphatic carboxylic acids is 4. The van der Waals surface area contributed by atoms with Crippen molar-refractivity contribution in [3.8, 4) is 5.75 Å². The number of nitrogens with zero attached hydrogens (tertiary/aromatic N) is 3. The Labute approximate surface area is 763 Å². The number of amides is 7. The number of hydrogen-bond acceptors (Lipinski definition) is 28. The van der Waals surface area contributed by atoms with E-state index in [-0.39, 0.29) is 74.9 Å². The van der Waals surface area contributed by atoms with Crippen LogP contribution in [0.3, 0.4) is 0 Å². The van der Waals surface area contributed by atoms with Gasteiger partial charge in [0.25, 0.3) is 6.47 Å². The van der Waals surface area contributed by atoms with Crippen molar-refractivity contribution in [2.45, 2.75) is 194 Å². The summed E-state index contributed by atoms with van der Waals surface area (Å²) in [7, 11) is 5.54. The number of nitrogens with one attached hydrogen (secondary N) is 8. The third-order valence-corrected chi connectivity index (χ3v) is 28.6. The number of carbonyl (C=O) groups excluding carboxylic acids is 12. The van der Waals surface area contributed by atoms with Crippen LogP contribution < -0.4 is 52.6 Å².